The van der Waals surface area contributed by atoms with Crippen molar-refractivity contribution in [2.24, 2.45) is 11.7 Å². The predicted molar refractivity (Wildman–Crippen MR) is 140 cm³/mol. The van der Waals surface area contributed by atoms with Crippen LogP contribution >= 0.6 is 0 Å². The number of likely N-dealkylation sites (tertiary alicyclic amines) is 1. The smallest absolute Gasteiger partial charge is 0.244 e. The highest BCUT2D eigenvalue weighted by atomic mass is 19.1. The molecule has 3 heterocycles. The lowest BCUT2D eigenvalue weighted by molar-refractivity contribution is -0.142. The molecule has 39 heavy (non-hydrogen) atoms. The summed E-state index contributed by atoms with van der Waals surface area (Å²) in [6.45, 7) is 5.31. The summed E-state index contributed by atoms with van der Waals surface area (Å²) in [5.41, 5.74) is 4.54. The monoisotopic (exact) mass is 545 g/mol. The molecule has 9 nitrogen and oxygen atoms in total. The number of amides is 3. The molecule has 1 aromatic carbocycles. The molecular weight excluding hydrogens is 508 g/mol. The van der Waals surface area contributed by atoms with Crippen LogP contribution < -0.4 is 11.1 Å². The van der Waals surface area contributed by atoms with Crippen molar-refractivity contribution in [3.8, 4) is 11.3 Å². The summed E-state index contributed by atoms with van der Waals surface area (Å²) in [6, 6.07) is 3.18. The summed E-state index contributed by atoms with van der Waals surface area (Å²) in [6.07, 6.45) is 5.37. The molecule has 2 aliphatic rings. The van der Waals surface area contributed by atoms with E-state index >= 15 is 0 Å². The van der Waals surface area contributed by atoms with Gasteiger partial charge in [-0.05, 0) is 57.1 Å². The Hall–Kier alpha value is -3.34. The second kappa shape index (κ2) is 12.2. The molecule has 4 rings (SSSR count). The van der Waals surface area contributed by atoms with E-state index in [1.807, 2.05) is 6.92 Å². The molecular formula is C28H37F2N5O4. The van der Waals surface area contributed by atoms with Crippen molar-refractivity contribution < 1.29 is 27.9 Å². The molecule has 0 saturated carbocycles. The minimum Gasteiger partial charge on any atom is -0.381 e. The molecule has 1 unspecified atom stereocenters. The van der Waals surface area contributed by atoms with Crippen LogP contribution in [-0.4, -0.2) is 63.9 Å². The van der Waals surface area contributed by atoms with Gasteiger partial charge in [0.15, 0.2) is 0 Å². The Balaban J connectivity index is 1.65. The molecule has 1 aromatic heterocycles. The van der Waals surface area contributed by atoms with Crippen molar-refractivity contribution in [3.05, 3.63) is 41.9 Å². The van der Waals surface area contributed by atoms with Crippen LogP contribution in [0.15, 0.2) is 24.4 Å². The first kappa shape index (κ1) is 28.7. The minimum absolute atomic E-state index is 0.00161. The summed E-state index contributed by atoms with van der Waals surface area (Å²) >= 11 is 0. The number of aromatic nitrogens is 2. The maximum atomic E-state index is 14.4. The van der Waals surface area contributed by atoms with Gasteiger partial charge in [0.2, 0.25) is 17.7 Å². The first-order chi connectivity index (χ1) is 18.6. The zero-order valence-electron chi connectivity index (χ0n) is 22.5. The Labute approximate surface area is 226 Å². The fourth-order valence-electron chi connectivity index (χ4n) is 5.62. The van der Waals surface area contributed by atoms with E-state index in [1.165, 1.54) is 12.3 Å². The van der Waals surface area contributed by atoms with Crippen molar-refractivity contribution in [2.45, 2.75) is 76.3 Å². The fourth-order valence-corrected chi connectivity index (χ4v) is 5.62. The minimum atomic E-state index is -1.78. The van der Waals surface area contributed by atoms with Crippen molar-refractivity contribution in [1.82, 2.24) is 20.2 Å². The van der Waals surface area contributed by atoms with Crippen molar-refractivity contribution in [1.29, 1.82) is 0 Å². The number of nitrogens with one attached hydrogen (secondary N) is 2. The van der Waals surface area contributed by atoms with Gasteiger partial charge in [0.1, 0.15) is 23.0 Å². The Morgan fingerprint density at radius 1 is 1.23 bits per heavy atom. The summed E-state index contributed by atoms with van der Waals surface area (Å²) < 4.78 is 33.3. The lowest BCUT2D eigenvalue weighted by atomic mass is 9.79. The number of imidazole rings is 1. The second-order valence-electron chi connectivity index (χ2n) is 10.8. The Bertz CT molecular complexity index is 1200. The quantitative estimate of drug-likeness (QED) is 0.445. The van der Waals surface area contributed by atoms with Crippen LogP contribution in [-0.2, 0) is 19.1 Å². The van der Waals surface area contributed by atoms with Gasteiger partial charge in [-0.15, -0.1) is 0 Å². The number of aromatic amines is 1. The molecule has 4 N–H and O–H groups in total. The lowest BCUT2D eigenvalue weighted by Crippen LogP contribution is -2.63. The van der Waals surface area contributed by atoms with Crippen LogP contribution in [0.3, 0.4) is 0 Å². The molecule has 0 bridgehead atoms. The third-order valence-corrected chi connectivity index (χ3v) is 8.14. The molecule has 11 heteroatoms. The Morgan fingerprint density at radius 2 is 1.97 bits per heavy atom. The number of nitrogens with two attached hydrogens (primary N) is 1. The van der Waals surface area contributed by atoms with Crippen molar-refractivity contribution in [3.63, 3.8) is 0 Å². The fraction of sp³-hybridized carbons (Fsp3) is 0.571. The average Bonchev–Trinajstić information content (AvgIpc) is 3.38. The summed E-state index contributed by atoms with van der Waals surface area (Å²) in [5, 5.41) is 2.84. The van der Waals surface area contributed by atoms with E-state index in [1.54, 1.807) is 11.8 Å². The topological polar surface area (TPSA) is 130 Å². The summed E-state index contributed by atoms with van der Waals surface area (Å²) in [5.74, 6) is -3.56. The average molecular weight is 546 g/mol. The SMILES string of the molecule is C[C@H](c1ncc(-c2ccc(F)cc2F)[nH]1)C(CC(=O)N1CCCC[C@@H]1C)(NC(=O)CC1CCOCC1)C(N)=O. The van der Waals surface area contributed by atoms with Gasteiger partial charge in [-0.2, -0.15) is 0 Å². The summed E-state index contributed by atoms with van der Waals surface area (Å²) in [7, 11) is 0. The summed E-state index contributed by atoms with van der Waals surface area (Å²) in [4.78, 5) is 49.1. The first-order valence-corrected chi connectivity index (χ1v) is 13.6. The number of primary amides is 1. The zero-order chi connectivity index (χ0) is 28.2. The Kier molecular flexibility index (Phi) is 8.99. The first-order valence-electron chi connectivity index (χ1n) is 13.6. The van der Waals surface area contributed by atoms with Gasteiger partial charge in [-0.3, -0.25) is 14.4 Å². The van der Waals surface area contributed by atoms with Crippen LogP contribution in [0.2, 0.25) is 0 Å². The highest BCUT2D eigenvalue weighted by Crippen LogP contribution is 2.34. The third-order valence-electron chi connectivity index (χ3n) is 8.14. The van der Waals surface area contributed by atoms with Crippen LogP contribution in [0.4, 0.5) is 8.78 Å². The molecule has 0 aliphatic carbocycles. The molecule has 2 aromatic rings. The van der Waals surface area contributed by atoms with Crippen molar-refractivity contribution in [2.75, 3.05) is 19.8 Å². The molecule has 3 amide bonds. The van der Waals surface area contributed by atoms with Gasteiger partial charge < -0.3 is 25.7 Å². The van der Waals surface area contributed by atoms with Crippen LogP contribution in [0.25, 0.3) is 11.3 Å². The van der Waals surface area contributed by atoms with E-state index in [9.17, 15) is 23.2 Å². The van der Waals surface area contributed by atoms with E-state index < -0.39 is 29.0 Å². The van der Waals surface area contributed by atoms with Gasteiger partial charge >= 0.3 is 0 Å². The normalized spacial score (nSPS) is 20.7. The molecule has 0 radical (unpaired) electrons. The van der Waals surface area contributed by atoms with E-state index in [2.05, 4.69) is 15.3 Å². The highest BCUT2D eigenvalue weighted by Gasteiger charge is 2.48. The Morgan fingerprint density at radius 3 is 2.64 bits per heavy atom. The maximum absolute atomic E-state index is 14.4. The van der Waals surface area contributed by atoms with E-state index in [4.69, 9.17) is 10.5 Å². The number of hydrogen-bond acceptors (Lipinski definition) is 5. The van der Waals surface area contributed by atoms with Gasteiger partial charge in [-0.25, -0.2) is 13.8 Å². The van der Waals surface area contributed by atoms with E-state index in [0.717, 1.165) is 44.2 Å². The molecule has 0 spiro atoms. The number of carbonyl (C=O) groups is 3. The number of H-pyrrole nitrogens is 1. The predicted octanol–water partition coefficient (Wildman–Crippen LogP) is 3.41. The number of piperidine rings is 1. The number of rotatable bonds is 9. The lowest BCUT2D eigenvalue weighted by Gasteiger charge is -2.40. The molecule has 212 valence electrons. The van der Waals surface area contributed by atoms with E-state index in [0.29, 0.717) is 19.8 Å². The number of hydrogen-bond donors (Lipinski definition) is 3. The number of nitrogens with zero attached hydrogens (tertiary/aromatic N) is 2. The molecule has 2 aliphatic heterocycles. The van der Waals surface area contributed by atoms with Crippen LogP contribution in [0.5, 0.6) is 0 Å². The standard InChI is InChI=1S/C28H37F2N5O4/c1-17-5-3-4-10-35(17)25(37)15-28(27(31)38,34-24(36)13-19-8-11-39-12-9-19)18(2)26-32-16-23(33-26)21-7-6-20(29)14-22(21)30/h6-7,14,16-19H,3-5,8-13,15H2,1-2H3,(H2,31,38)(H,32,33)(H,34,36)/t17-,18+,28?/m0/s1. The van der Waals surface area contributed by atoms with Crippen molar-refractivity contribution >= 4 is 17.7 Å². The number of ether oxygens (including phenoxy) is 1. The van der Waals surface area contributed by atoms with Crippen LogP contribution in [0, 0.1) is 17.6 Å². The molecule has 2 fully saturated rings. The number of carbonyl (C=O) groups excluding carboxylic acids is 3. The van der Waals surface area contributed by atoms with Gasteiger partial charge in [0, 0.05) is 49.8 Å². The maximum Gasteiger partial charge on any atom is 0.244 e. The van der Waals surface area contributed by atoms with Gasteiger partial charge in [-0.1, -0.05) is 6.92 Å². The number of benzene rings is 1. The largest absolute Gasteiger partial charge is 0.381 e. The molecule has 2 saturated heterocycles. The highest BCUT2D eigenvalue weighted by molar-refractivity contribution is 5.96. The second-order valence-corrected chi connectivity index (χ2v) is 10.8. The van der Waals surface area contributed by atoms with E-state index in [-0.39, 0.29) is 53.7 Å². The van der Waals surface area contributed by atoms with Crippen LogP contribution in [0.1, 0.15) is 70.5 Å². The van der Waals surface area contributed by atoms with Gasteiger partial charge in [0.25, 0.3) is 0 Å². The third kappa shape index (κ3) is 6.46. The number of halogens is 2. The van der Waals surface area contributed by atoms with Gasteiger partial charge in [0.05, 0.1) is 18.3 Å². The zero-order valence-corrected chi connectivity index (χ0v) is 22.5. The molecule has 3 atom stereocenters.